The predicted molar refractivity (Wildman–Crippen MR) is 92.0 cm³/mol. The van der Waals surface area contributed by atoms with Gasteiger partial charge in [-0.15, -0.1) is 0 Å². The molecule has 0 aliphatic rings. The predicted octanol–water partition coefficient (Wildman–Crippen LogP) is 4.84. The van der Waals surface area contributed by atoms with Crippen LogP contribution in [-0.2, 0) is 0 Å². The number of nitrogens with zero attached hydrogens (tertiary/aromatic N) is 2. The molecule has 0 fully saturated rings. The van der Waals surface area contributed by atoms with Gasteiger partial charge in [0.05, 0.1) is 23.0 Å². The number of aromatic nitrogens is 2. The van der Waals surface area contributed by atoms with E-state index in [1.807, 2.05) is 24.3 Å². The van der Waals surface area contributed by atoms with E-state index in [9.17, 15) is 0 Å². The van der Waals surface area contributed by atoms with Crippen molar-refractivity contribution >= 4 is 26.5 Å². The van der Waals surface area contributed by atoms with E-state index >= 15 is 0 Å². The Balaban J connectivity index is 1.88. The quantitative estimate of drug-likeness (QED) is 0.529. The monoisotopic (exact) mass is 308 g/mol. The summed E-state index contributed by atoms with van der Waals surface area (Å²) in [6, 6.07) is 12.5. The third kappa shape index (κ3) is 1.99. The van der Waals surface area contributed by atoms with E-state index in [4.69, 9.17) is 9.72 Å². The summed E-state index contributed by atoms with van der Waals surface area (Å²) >= 11 is 1.73. The first-order valence-corrected chi connectivity index (χ1v) is 8.00. The van der Waals surface area contributed by atoms with Crippen molar-refractivity contribution in [1.29, 1.82) is 0 Å². The Morgan fingerprint density at radius 1 is 1.05 bits per heavy atom. The maximum absolute atomic E-state index is 5.21. The molecule has 4 heteroatoms. The first-order valence-electron chi connectivity index (χ1n) is 7.19. The van der Waals surface area contributed by atoms with E-state index in [-0.39, 0.29) is 0 Å². The molecule has 0 saturated carbocycles. The molecule has 0 radical (unpaired) electrons. The van der Waals surface area contributed by atoms with Crippen molar-refractivity contribution < 1.29 is 4.74 Å². The third-order valence-electron chi connectivity index (χ3n) is 4.10. The van der Waals surface area contributed by atoms with Crippen LogP contribution in [0.25, 0.3) is 26.4 Å². The van der Waals surface area contributed by atoms with E-state index < -0.39 is 0 Å². The minimum absolute atomic E-state index is 0.862. The van der Waals surface area contributed by atoms with Gasteiger partial charge in [0.25, 0.3) is 0 Å². The van der Waals surface area contributed by atoms with Gasteiger partial charge in [0.2, 0.25) is 0 Å². The van der Waals surface area contributed by atoms with Gasteiger partial charge in [-0.3, -0.25) is 4.40 Å². The maximum atomic E-state index is 5.21. The van der Waals surface area contributed by atoms with Crippen molar-refractivity contribution in [3.63, 3.8) is 0 Å². The Hall–Kier alpha value is -2.33. The first kappa shape index (κ1) is 13.3. The Morgan fingerprint density at radius 2 is 1.77 bits per heavy atom. The van der Waals surface area contributed by atoms with Gasteiger partial charge in [0, 0.05) is 11.8 Å². The van der Waals surface area contributed by atoms with E-state index in [0.29, 0.717) is 0 Å². The summed E-state index contributed by atoms with van der Waals surface area (Å²) in [5, 5.41) is 0. The number of hydrogen-bond donors (Lipinski definition) is 0. The molecule has 110 valence electrons. The summed E-state index contributed by atoms with van der Waals surface area (Å²) in [6.07, 6.45) is 2.12. The van der Waals surface area contributed by atoms with Crippen LogP contribution < -0.4 is 4.74 Å². The van der Waals surface area contributed by atoms with Crippen molar-refractivity contribution in [2.45, 2.75) is 13.8 Å². The van der Waals surface area contributed by atoms with Crippen molar-refractivity contribution in [2.75, 3.05) is 7.11 Å². The fraction of sp³-hybridized carbons (Fsp3) is 0.167. The zero-order valence-corrected chi connectivity index (χ0v) is 13.6. The van der Waals surface area contributed by atoms with E-state index in [2.05, 4.69) is 36.6 Å². The van der Waals surface area contributed by atoms with Crippen molar-refractivity contribution in [1.82, 2.24) is 9.38 Å². The highest BCUT2D eigenvalue weighted by Crippen LogP contribution is 2.31. The zero-order valence-electron chi connectivity index (χ0n) is 12.8. The van der Waals surface area contributed by atoms with Gasteiger partial charge in [-0.25, -0.2) is 4.98 Å². The van der Waals surface area contributed by atoms with E-state index in [1.54, 1.807) is 18.4 Å². The van der Waals surface area contributed by atoms with Crippen molar-refractivity contribution in [3.8, 4) is 17.0 Å². The maximum Gasteiger partial charge on any atom is 0.195 e. The van der Waals surface area contributed by atoms with Crippen LogP contribution in [0, 0.1) is 13.8 Å². The fourth-order valence-corrected chi connectivity index (χ4v) is 3.74. The van der Waals surface area contributed by atoms with Gasteiger partial charge < -0.3 is 4.74 Å². The summed E-state index contributed by atoms with van der Waals surface area (Å²) in [4.78, 5) is 5.81. The number of aryl methyl sites for hydroxylation is 2. The smallest absolute Gasteiger partial charge is 0.195 e. The molecule has 0 unspecified atom stereocenters. The topological polar surface area (TPSA) is 26.5 Å². The Labute approximate surface area is 132 Å². The fourth-order valence-electron chi connectivity index (χ4n) is 2.65. The van der Waals surface area contributed by atoms with Crippen LogP contribution in [-0.4, -0.2) is 16.5 Å². The minimum Gasteiger partial charge on any atom is -0.497 e. The molecule has 3 nitrogen and oxygen atoms in total. The Bertz CT molecular complexity index is 980. The summed E-state index contributed by atoms with van der Waals surface area (Å²) in [6.45, 7) is 4.31. The number of thiazole rings is 1. The molecule has 0 saturated heterocycles. The number of ether oxygens (including phenoxy) is 1. The summed E-state index contributed by atoms with van der Waals surface area (Å²) < 4.78 is 8.68. The molecule has 22 heavy (non-hydrogen) atoms. The van der Waals surface area contributed by atoms with Crippen LogP contribution in [0.3, 0.4) is 0 Å². The molecule has 0 amide bonds. The molecule has 0 bridgehead atoms. The largest absolute Gasteiger partial charge is 0.497 e. The summed E-state index contributed by atoms with van der Waals surface area (Å²) in [5.74, 6) is 0.862. The normalized spacial score (nSPS) is 11.4. The minimum atomic E-state index is 0.862. The number of benzene rings is 2. The molecular formula is C18H16N2OS. The van der Waals surface area contributed by atoms with Crippen LogP contribution >= 0.6 is 11.3 Å². The first-order chi connectivity index (χ1) is 10.7. The van der Waals surface area contributed by atoms with Gasteiger partial charge in [0.1, 0.15) is 5.75 Å². The highest BCUT2D eigenvalue weighted by molar-refractivity contribution is 7.23. The van der Waals surface area contributed by atoms with Gasteiger partial charge in [-0.05, 0) is 61.4 Å². The standard InChI is InChI=1S/C18H16N2OS/c1-11-8-16-17(9-12(11)2)22-18-19-15(10-20(16)18)13-4-6-14(21-3)7-5-13/h4-10H,1-3H3. The van der Waals surface area contributed by atoms with Crippen LogP contribution in [0.2, 0.25) is 0 Å². The lowest BCUT2D eigenvalue weighted by molar-refractivity contribution is 0.415. The average molecular weight is 308 g/mol. The van der Waals surface area contributed by atoms with Crippen LogP contribution in [0.15, 0.2) is 42.6 Å². The average Bonchev–Trinajstić information content (AvgIpc) is 3.07. The SMILES string of the molecule is COc1ccc(-c2cn3c(n2)sc2cc(C)c(C)cc23)cc1. The van der Waals surface area contributed by atoms with Crippen molar-refractivity contribution in [2.24, 2.45) is 0 Å². The zero-order chi connectivity index (χ0) is 15.3. The molecule has 4 rings (SSSR count). The molecule has 0 aliphatic heterocycles. The molecule has 0 aliphatic carbocycles. The number of methoxy groups -OCH3 is 1. The second kappa shape index (κ2) is 4.85. The van der Waals surface area contributed by atoms with Crippen molar-refractivity contribution in [3.05, 3.63) is 53.7 Å². The number of hydrogen-bond acceptors (Lipinski definition) is 3. The Morgan fingerprint density at radius 3 is 2.50 bits per heavy atom. The van der Waals surface area contributed by atoms with Gasteiger partial charge in [0.15, 0.2) is 4.96 Å². The van der Waals surface area contributed by atoms with E-state index in [0.717, 1.165) is 22.0 Å². The second-order valence-corrected chi connectivity index (χ2v) is 6.52. The molecule has 2 heterocycles. The number of fused-ring (bicyclic) bond motifs is 3. The molecule has 4 aromatic rings. The lowest BCUT2D eigenvalue weighted by atomic mass is 10.1. The lowest BCUT2D eigenvalue weighted by Gasteiger charge is -2.01. The van der Waals surface area contributed by atoms with E-state index in [1.165, 1.54) is 21.3 Å². The molecule has 2 aromatic carbocycles. The molecular weight excluding hydrogens is 292 g/mol. The highest BCUT2D eigenvalue weighted by Gasteiger charge is 2.11. The number of imidazole rings is 1. The van der Waals surface area contributed by atoms with Crippen LogP contribution in [0.5, 0.6) is 5.75 Å². The van der Waals surface area contributed by atoms with Gasteiger partial charge >= 0.3 is 0 Å². The third-order valence-corrected chi connectivity index (χ3v) is 5.11. The van der Waals surface area contributed by atoms with Gasteiger partial charge in [-0.1, -0.05) is 11.3 Å². The summed E-state index contributed by atoms with van der Waals surface area (Å²) in [7, 11) is 1.68. The van der Waals surface area contributed by atoms with Crippen LogP contribution in [0.1, 0.15) is 11.1 Å². The second-order valence-electron chi connectivity index (χ2n) is 5.51. The van der Waals surface area contributed by atoms with Gasteiger partial charge in [-0.2, -0.15) is 0 Å². The lowest BCUT2D eigenvalue weighted by Crippen LogP contribution is -1.83. The molecule has 0 spiro atoms. The molecule has 0 atom stereocenters. The van der Waals surface area contributed by atoms with Crippen LogP contribution in [0.4, 0.5) is 0 Å². The molecule has 0 N–H and O–H groups in total. The number of rotatable bonds is 2. The summed E-state index contributed by atoms with van der Waals surface area (Å²) in [5.41, 5.74) is 5.97. The highest BCUT2D eigenvalue weighted by atomic mass is 32.1. The Kier molecular flexibility index (Phi) is 2.94. The molecule has 2 aromatic heterocycles.